The molecule has 1 N–H and O–H groups in total. The summed E-state index contributed by atoms with van der Waals surface area (Å²) < 4.78 is 40.1. The second kappa shape index (κ2) is 6.69. The minimum atomic E-state index is -4.31. The summed E-state index contributed by atoms with van der Waals surface area (Å²) in [6, 6.07) is 4.70. The Morgan fingerprint density at radius 3 is 2.52 bits per heavy atom. The van der Waals surface area contributed by atoms with Crippen LogP contribution in [0.1, 0.15) is 37.3 Å². The molecule has 0 aromatic heterocycles. The van der Waals surface area contributed by atoms with E-state index in [9.17, 15) is 13.2 Å². The summed E-state index contributed by atoms with van der Waals surface area (Å²) in [6.07, 6.45) is -1.18. The lowest BCUT2D eigenvalue weighted by atomic mass is 10.1. The third-order valence-electron chi connectivity index (χ3n) is 3.76. The van der Waals surface area contributed by atoms with E-state index in [4.69, 9.17) is 0 Å². The summed E-state index contributed by atoms with van der Waals surface area (Å²) in [5.74, 6) is 0.564. The Balaban J connectivity index is 2.33. The van der Waals surface area contributed by atoms with Crippen molar-refractivity contribution in [1.29, 1.82) is 0 Å². The number of alkyl halides is 3. The molecule has 0 unspecified atom stereocenters. The maximum atomic E-state index is 13.4. The van der Waals surface area contributed by atoms with E-state index in [1.165, 1.54) is 6.07 Å². The molecule has 1 aromatic rings. The van der Waals surface area contributed by atoms with Gasteiger partial charge in [0, 0.05) is 25.3 Å². The van der Waals surface area contributed by atoms with Crippen molar-refractivity contribution in [2.75, 3.05) is 25.0 Å². The van der Waals surface area contributed by atoms with Gasteiger partial charge in [-0.2, -0.15) is 13.2 Å². The zero-order chi connectivity index (χ0) is 15.5. The van der Waals surface area contributed by atoms with Gasteiger partial charge in [-0.1, -0.05) is 13.0 Å². The summed E-state index contributed by atoms with van der Waals surface area (Å²) in [5, 5.41) is 2.90. The highest BCUT2D eigenvalue weighted by Gasteiger charge is 2.36. The SMILES string of the molecule is CCCN(CC1CC1)c1ccc(CNC)cc1C(F)(F)F. The van der Waals surface area contributed by atoms with Crippen LogP contribution in [0.5, 0.6) is 0 Å². The van der Waals surface area contributed by atoms with Crippen molar-refractivity contribution in [3.05, 3.63) is 29.3 Å². The van der Waals surface area contributed by atoms with Gasteiger partial charge >= 0.3 is 6.18 Å². The summed E-state index contributed by atoms with van der Waals surface area (Å²) >= 11 is 0. The third-order valence-corrected chi connectivity index (χ3v) is 3.76. The number of hydrogen-bond acceptors (Lipinski definition) is 2. The molecule has 0 radical (unpaired) electrons. The number of nitrogens with zero attached hydrogens (tertiary/aromatic N) is 1. The lowest BCUT2D eigenvalue weighted by Gasteiger charge is -2.28. The second-order valence-corrected chi connectivity index (χ2v) is 5.77. The van der Waals surface area contributed by atoms with E-state index in [1.807, 2.05) is 11.8 Å². The molecule has 21 heavy (non-hydrogen) atoms. The highest BCUT2D eigenvalue weighted by molar-refractivity contribution is 5.56. The lowest BCUT2D eigenvalue weighted by Crippen LogP contribution is -2.29. The number of nitrogens with one attached hydrogen (secondary N) is 1. The maximum Gasteiger partial charge on any atom is 0.418 e. The molecule has 2 rings (SSSR count). The van der Waals surface area contributed by atoms with E-state index in [0.717, 1.165) is 25.8 Å². The van der Waals surface area contributed by atoms with Crippen LogP contribution in [0.15, 0.2) is 18.2 Å². The fraction of sp³-hybridized carbons (Fsp3) is 0.625. The molecule has 0 aliphatic heterocycles. The molecule has 0 heterocycles. The van der Waals surface area contributed by atoms with Gasteiger partial charge in [-0.15, -0.1) is 0 Å². The van der Waals surface area contributed by atoms with Crippen molar-refractivity contribution < 1.29 is 13.2 Å². The Morgan fingerprint density at radius 1 is 1.29 bits per heavy atom. The predicted octanol–water partition coefficient (Wildman–Crippen LogP) is 4.05. The van der Waals surface area contributed by atoms with Crippen LogP contribution in [-0.2, 0) is 12.7 Å². The van der Waals surface area contributed by atoms with Crippen molar-refractivity contribution >= 4 is 5.69 Å². The van der Waals surface area contributed by atoms with Crippen molar-refractivity contribution in [1.82, 2.24) is 5.32 Å². The maximum absolute atomic E-state index is 13.4. The molecule has 1 aliphatic rings. The molecule has 0 saturated heterocycles. The zero-order valence-corrected chi connectivity index (χ0v) is 12.6. The van der Waals surface area contributed by atoms with Crippen LogP contribution in [-0.4, -0.2) is 20.1 Å². The van der Waals surface area contributed by atoms with E-state index in [0.29, 0.717) is 30.3 Å². The van der Waals surface area contributed by atoms with Crippen LogP contribution < -0.4 is 10.2 Å². The zero-order valence-electron chi connectivity index (χ0n) is 12.6. The average molecular weight is 300 g/mol. The molecule has 1 saturated carbocycles. The third kappa shape index (κ3) is 4.37. The molecule has 1 fully saturated rings. The normalized spacial score (nSPS) is 15.3. The van der Waals surface area contributed by atoms with Crippen LogP contribution in [0.25, 0.3) is 0 Å². The summed E-state index contributed by atoms with van der Waals surface area (Å²) in [7, 11) is 1.73. The van der Waals surface area contributed by atoms with Crippen molar-refractivity contribution in [2.24, 2.45) is 5.92 Å². The van der Waals surface area contributed by atoms with E-state index in [1.54, 1.807) is 19.2 Å². The number of hydrogen-bond donors (Lipinski definition) is 1. The van der Waals surface area contributed by atoms with Crippen LogP contribution >= 0.6 is 0 Å². The Hall–Kier alpha value is -1.23. The first-order chi connectivity index (χ1) is 9.95. The largest absolute Gasteiger partial charge is 0.418 e. The van der Waals surface area contributed by atoms with Crippen molar-refractivity contribution in [3.63, 3.8) is 0 Å². The number of anilines is 1. The van der Waals surface area contributed by atoms with Gasteiger partial charge in [0.15, 0.2) is 0 Å². The lowest BCUT2D eigenvalue weighted by molar-refractivity contribution is -0.137. The molecule has 0 bridgehead atoms. The van der Waals surface area contributed by atoms with Gasteiger partial charge in [0.25, 0.3) is 0 Å². The topological polar surface area (TPSA) is 15.3 Å². The fourth-order valence-electron chi connectivity index (χ4n) is 2.59. The minimum absolute atomic E-state index is 0.330. The average Bonchev–Trinajstić information content (AvgIpc) is 3.22. The van der Waals surface area contributed by atoms with E-state index < -0.39 is 11.7 Å². The van der Waals surface area contributed by atoms with Crippen molar-refractivity contribution in [3.8, 4) is 0 Å². The van der Waals surface area contributed by atoms with Gasteiger partial charge in [0.1, 0.15) is 0 Å². The van der Waals surface area contributed by atoms with Crippen LogP contribution in [0.2, 0.25) is 0 Å². The Morgan fingerprint density at radius 2 is 2.00 bits per heavy atom. The highest BCUT2D eigenvalue weighted by atomic mass is 19.4. The smallest absolute Gasteiger partial charge is 0.371 e. The van der Waals surface area contributed by atoms with Gasteiger partial charge < -0.3 is 10.2 Å². The van der Waals surface area contributed by atoms with Gasteiger partial charge in [-0.3, -0.25) is 0 Å². The van der Waals surface area contributed by atoms with Crippen LogP contribution in [0.3, 0.4) is 0 Å². The summed E-state index contributed by atoms with van der Waals surface area (Å²) in [5.41, 5.74) is 0.483. The molecule has 0 amide bonds. The molecule has 0 spiro atoms. The Labute approximate surface area is 124 Å². The number of rotatable bonds is 7. The molecular weight excluding hydrogens is 277 g/mol. The van der Waals surface area contributed by atoms with Gasteiger partial charge in [0.2, 0.25) is 0 Å². The molecule has 118 valence electrons. The van der Waals surface area contributed by atoms with Crippen LogP contribution in [0, 0.1) is 5.92 Å². The standard InChI is InChI=1S/C16H23F3N2/c1-3-8-21(11-12-4-5-12)15-7-6-13(10-20-2)9-14(15)16(17,18)19/h6-7,9,12,20H,3-5,8,10-11H2,1-2H3. The van der Waals surface area contributed by atoms with Crippen LogP contribution in [0.4, 0.5) is 18.9 Å². The molecule has 2 nitrogen and oxygen atoms in total. The summed E-state index contributed by atoms with van der Waals surface area (Å²) in [4.78, 5) is 1.91. The fourth-order valence-corrected chi connectivity index (χ4v) is 2.59. The van der Waals surface area contributed by atoms with Gasteiger partial charge in [0.05, 0.1) is 5.56 Å². The predicted molar refractivity (Wildman–Crippen MR) is 79.4 cm³/mol. The highest BCUT2D eigenvalue weighted by Crippen LogP contribution is 2.39. The first-order valence-electron chi connectivity index (χ1n) is 7.55. The molecule has 1 aliphatic carbocycles. The molecule has 0 atom stereocenters. The monoisotopic (exact) mass is 300 g/mol. The minimum Gasteiger partial charge on any atom is -0.371 e. The first-order valence-corrected chi connectivity index (χ1v) is 7.55. The summed E-state index contributed by atoms with van der Waals surface area (Å²) in [6.45, 7) is 3.86. The Kier molecular flexibility index (Phi) is 5.14. The molecule has 1 aromatic carbocycles. The quantitative estimate of drug-likeness (QED) is 0.817. The van der Waals surface area contributed by atoms with E-state index in [-0.39, 0.29) is 0 Å². The van der Waals surface area contributed by atoms with Gasteiger partial charge in [-0.05, 0) is 49.9 Å². The Bertz CT molecular complexity index is 467. The van der Waals surface area contributed by atoms with Crippen molar-refractivity contribution in [2.45, 2.75) is 38.9 Å². The number of halogens is 3. The van der Waals surface area contributed by atoms with E-state index >= 15 is 0 Å². The number of benzene rings is 1. The first kappa shape index (κ1) is 16.1. The molecule has 5 heteroatoms. The second-order valence-electron chi connectivity index (χ2n) is 5.77. The van der Waals surface area contributed by atoms with E-state index in [2.05, 4.69) is 5.32 Å². The molecular formula is C16H23F3N2. The van der Waals surface area contributed by atoms with Gasteiger partial charge in [-0.25, -0.2) is 0 Å².